The second-order valence-corrected chi connectivity index (χ2v) is 5.39. The van der Waals surface area contributed by atoms with Gasteiger partial charge < -0.3 is 4.90 Å². The van der Waals surface area contributed by atoms with Gasteiger partial charge in [-0.15, -0.1) is 11.8 Å². The number of hydrogen-bond acceptors (Lipinski definition) is 3. The first-order valence-electron chi connectivity index (χ1n) is 6.23. The number of urea groups is 1. The smallest absolute Gasteiger partial charge is 0.323 e. The molecule has 0 spiro atoms. The molecular weight excluding hydrogens is 272 g/mol. The van der Waals surface area contributed by atoms with Crippen molar-refractivity contribution >= 4 is 23.6 Å². The van der Waals surface area contributed by atoms with Gasteiger partial charge in [0.25, 0.3) is 0 Å². The molecule has 2 rings (SSSR count). The van der Waals surface area contributed by atoms with E-state index < -0.39 is 0 Å². The van der Waals surface area contributed by atoms with Gasteiger partial charge in [-0.05, 0) is 24.0 Å². The lowest BCUT2D eigenvalue weighted by atomic mass is 10.2. The zero-order valence-corrected chi connectivity index (χ0v) is 12.6. The maximum Gasteiger partial charge on any atom is 0.323 e. The van der Waals surface area contributed by atoms with Gasteiger partial charge in [0.05, 0.1) is 0 Å². The number of carbonyl (C=O) groups excluding carboxylic acids is 1. The lowest BCUT2D eigenvalue weighted by Crippen LogP contribution is -2.31. The molecule has 106 valence electrons. The number of nitrogens with zero attached hydrogens (tertiary/aromatic N) is 3. The molecule has 0 radical (unpaired) electrons. The van der Waals surface area contributed by atoms with Crippen molar-refractivity contribution < 1.29 is 4.79 Å². The monoisotopic (exact) mass is 290 g/mol. The van der Waals surface area contributed by atoms with Crippen LogP contribution in [0.4, 0.5) is 10.6 Å². The molecule has 20 heavy (non-hydrogen) atoms. The molecule has 2 aromatic rings. The largest absolute Gasteiger partial charge is 0.323 e. The molecule has 0 aliphatic carbocycles. The molecule has 0 atom stereocenters. The van der Waals surface area contributed by atoms with Gasteiger partial charge >= 0.3 is 6.03 Å². The van der Waals surface area contributed by atoms with Crippen LogP contribution in [0.3, 0.4) is 0 Å². The van der Waals surface area contributed by atoms with Gasteiger partial charge in [0, 0.05) is 37.8 Å². The van der Waals surface area contributed by atoms with Crippen molar-refractivity contribution in [1.29, 1.82) is 0 Å². The van der Waals surface area contributed by atoms with E-state index in [1.54, 1.807) is 40.7 Å². The van der Waals surface area contributed by atoms with E-state index in [0.29, 0.717) is 12.4 Å². The van der Waals surface area contributed by atoms with E-state index in [2.05, 4.69) is 22.5 Å². The Balaban J connectivity index is 1.92. The highest BCUT2D eigenvalue weighted by Gasteiger charge is 2.10. The van der Waals surface area contributed by atoms with E-state index in [-0.39, 0.29) is 6.03 Å². The molecule has 1 aromatic carbocycles. The molecule has 1 heterocycles. The molecule has 0 saturated heterocycles. The van der Waals surface area contributed by atoms with Gasteiger partial charge in [-0.2, -0.15) is 5.10 Å². The van der Waals surface area contributed by atoms with Crippen LogP contribution in [-0.4, -0.2) is 34.0 Å². The van der Waals surface area contributed by atoms with Crippen LogP contribution in [-0.2, 0) is 13.6 Å². The van der Waals surface area contributed by atoms with Gasteiger partial charge in [-0.25, -0.2) is 4.79 Å². The molecule has 0 aliphatic heterocycles. The van der Waals surface area contributed by atoms with Gasteiger partial charge in [-0.3, -0.25) is 10.00 Å². The third-order valence-electron chi connectivity index (χ3n) is 2.87. The molecule has 6 heteroatoms. The summed E-state index contributed by atoms with van der Waals surface area (Å²) in [5.41, 5.74) is 1.10. The van der Waals surface area contributed by atoms with Crippen molar-refractivity contribution in [2.45, 2.75) is 11.4 Å². The van der Waals surface area contributed by atoms with Gasteiger partial charge in [-0.1, -0.05) is 12.1 Å². The first-order valence-corrected chi connectivity index (χ1v) is 7.45. The summed E-state index contributed by atoms with van der Waals surface area (Å²) in [6.07, 6.45) is 3.83. The number of anilines is 1. The van der Waals surface area contributed by atoms with Gasteiger partial charge in [0.2, 0.25) is 0 Å². The second kappa shape index (κ2) is 6.47. The molecule has 0 unspecified atom stereocenters. The molecule has 0 fully saturated rings. The number of amides is 2. The minimum atomic E-state index is -0.169. The lowest BCUT2D eigenvalue weighted by molar-refractivity contribution is 0.220. The summed E-state index contributed by atoms with van der Waals surface area (Å²) >= 11 is 1.70. The van der Waals surface area contributed by atoms with Crippen LogP contribution in [0.15, 0.2) is 41.4 Å². The summed E-state index contributed by atoms with van der Waals surface area (Å²) in [6.45, 7) is 0.563. The quantitative estimate of drug-likeness (QED) is 0.881. The van der Waals surface area contributed by atoms with E-state index in [4.69, 9.17) is 0 Å². The van der Waals surface area contributed by atoms with Crippen molar-refractivity contribution in [3.05, 3.63) is 42.1 Å². The Morgan fingerprint density at radius 1 is 1.35 bits per heavy atom. The molecule has 0 saturated carbocycles. The first kappa shape index (κ1) is 14.5. The van der Waals surface area contributed by atoms with Crippen molar-refractivity contribution in [2.24, 2.45) is 7.05 Å². The van der Waals surface area contributed by atoms with Crippen molar-refractivity contribution in [1.82, 2.24) is 14.7 Å². The molecule has 1 N–H and O–H groups in total. The van der Waals surface area contributed by atoms with Crippen LogP contribution in [0.5, 0.6) is 0 Å². The fourth-order valence-electron chi connectivity index (χ4n) is 1.76. The number of rotatable bonds is 4. The van der Waals surface area contributed by atoms with Crippen molar-refractivity contribution in [3.63, 3.8) is 0 Å². The predicted molar refractivity (Wildman–Crippen MR) is 81.9 cm³/mol. The molecule has 1 aromatic heterocycles. The Morgan fingerprint density at radius 2 is 2.05 bits per heavy atom. The fraction of sp³-hybridized carbons (Fsp3) is 0.286. The maximum absolute atomic E-state index is 12.0. The summed E-state index contributed by atoms with van der Waals surface area (Å²) < 4.78 is 1.65. The number of carbonyl (C=O) groups is 1. The third-order valence-corrected chi connectivity index (χ3v) is 3.62. The molecule has 0 bridgehead atoms. The highest BCUT2D eigenvalue weighted by atomic mass is 32.2. The van der Waals surface area contributed by atoms with Crippen LogP contribution in [0.25, 0.3) is 0 Å². The average molecular weight is 290 g/mol. The second-order valence-electron chi connectivity index (χ2n) is 4.51. The van der Waals surface area contributed by atoms with Crippen LogP contribution in [0, 0.1) is 0 Å². The van der Waals surface area contributed by atoms with Crippen LogP contribution < -0.4 is 5.32 Å². The predicted octanol–water partition coefficient (Wildman–Crippen LogP) is 2.81. The van der Waals surface area contributed by atoms with E-state index in [1.807, 2.05) is 25.4 Å². The number of hydrogen-bond donors (Lipinski definition) is 1. The highest BCUT2D eigenvalue weighted by Crippen LogP contribution is 2.15. The zero-order valence-electron chi connectivity index (χ0n) is 11.8. The number of thioether (sulfide) groups is 1. The molecule has 2 amide bonds. The topological polar surface area (TPSA) is 50.2 Å². The SMILES string of the molecule is CSc1ccc(CN(C)C(=O)Nc2ccn(C)n2)cc1. The Bertz CT molecular complexity index is 579. The summed E-state index contributed by atoms with van der Waals surface area (Å²) in [4.78, 5) is 14.9. The van der Waals surface area contributed by atoms with Crippen LogP contribution in [0.1, 0.15) is 5.56 Å². The van der Waals surface area contributed by atoms with Gasteiger partial charge in [0.15, 0.2) is 5.82 Å². The molecule has 0 aliphatic rings. The summed E-state index contributed by atoms with van der Waals surface area (Å²) in [6, 6.07) is 9.79. The molecule has 5 nitrogen and oxygen atoms in total. The maximum atomic E-state index is 12.0. The standard InChI is InChI=1S/C14H18N4OS/c1-17(10-11-4-6-12(20-3)7-5-11)14(19)15-13-8-9-18(2)16-13/h4-9H,10H2,1-3H3,(H,15,16,19). The van der Waals surface area contributed by atoms with E-state index >= 15 is 0 Å². The van der Waals surface area contributed by atoms with Crippen LogP contribution >= 0.6 is 11.8 Å². The fourth-order valence-corrected chi connectivity index (χ4v) is 2.17. The Labute approximate surface area is 123 Å². The summed E-state index contributed by atoms with van der Waals surface area (Å²) in [5.74, 6) is 0.557. The number of aromatic nitrogens is 2. The Hall–Kier alpha value is -1.95. The van der Waals surface area contributed by atoms with E-state index in [1.165, 1.54) is 4.90 Å². The number of nitrogens with one attached hydrogen (secondary N) is 1. The van der Waals surface area contributed by atoms with E-state index in [0.717, 1.165) is 5.56 Å². The third kappa shape index (κ3) is 3.77. The first-order chi connectivity index (χ1) is 9.58. The van der Waals surface area contributed by atoms with Crippen molar-refractivity contribution in [3.8, 4) is 0 Å². The molecular formula is C14H18N4OS. The Kier molecular flexibility index (Phi) is 4.68. The average Bonchev–Trinajstić information content (AvgIpc) is 2.85. The minimum Gasteiger partial charge on any atom is -0.323 e. The number of benzene rings is 1. The van der Waals surface area contributed by atoms with E-state index in [9.17, 15) is 4.79 Å². The van der Waals surface area contributed by atoms with Crippen LogP contribution in [0.2, 0.25) is 0 Å². The van der Waals surface area contributed by atoms with Crippen molar-refractivity contribution in [2.75, 3.05) is 18.6 Å². The minimum absolute atomic E-state index is 0.169. The van der Waals surface area contributed by atoms with Gasteiger partial charge in [0.1, 0.15) is 0 Å². The zero-order chi connectivity index (χ0) is 14.5. The summed E-state index contributed by atoms with van der Waals surface area (Å²) in [5, 5.41) is 6.87. The lowest BCUT2D eigenvalue weighted by Gasteiger charge is -2.17. The normalized spacial score (nSPS) is 10.3. The highest BCUT2D eigenvalue weighted by molar-refractivity contribution is 7.98. The summed E-state index contributed by atoms with van der Waals surface area (Å²) in [7, 11) is 3.58. The Morgan fingerprint density at radius 3 is 2.60 bits per heavy atom. The number of aryl methyl sites for hydroxylation is 1.